The van der Waals surface area contributed by atoms with E-state index in [4.69, 9.17) is 9.47 Å². The lowest BCUT2D eigenvalue weighted by molar-refractivity contribution is -0.132. The molecule has 0 atom stereocenters. The van der Waals surface area contributed by atoms with Gasteiger partial charge in [-0.25, -0.2) is 0 Å². The van der Waals surface area contributed by atoms with Gasteiger partial charge in [0.2, 0.25) is 5.91 Å². The summed E-state index contributed by atoms with van der Waals surface area (Å²) in [6.07, 6.45) is 3.44. The van der Waals surface area contributed by atoms with Crippen LogP contribution in [0.25, 0.3) is 6.08 Å². The predicted molar refractivity (Wildman–Crippen MR) is 124 cm³/mol. The number of esters is 1. The van der Waals surface area contributed by atoms with Gasteiger partial charge in [0.1, 0.15) is 6.54 Å². The van der Waals surface area contributed by atoms with Crippen LogP contribution in [0.2, 0.25) is 0 Å². The van der Waals surface area contributed by atoms with Crippen LogP contribution in [0, 0.1) is 0 Å². The lowest BCUT2D eigenvalue weighted by Gasteiger charge is -2.13. The minimum absolute atomic E-state index is 0.175. The highest BCUT2D eigenvalue weighted by Crippen LogP contribution is 2.34. The molecule has 0 aliphatic carbocycles. The zero-order valence-corrected chi connectivity index (χ0v) is 19.2. The van der Waals surface area contributed by atoms with Crippen LogP contribution in [-0.4, -0.2) is 47.8 Å². The second kappa shape index (κ2) is 10.4. The van der Waals surface area contributed by atoms with E-state index in [2.05, 4.69) is 5.32 Å². The fourth-order valence-electron chi connectivity index (χ4n) is 2.85. The van der Waals surface area contributed by atoms with Crippen molar-refractivity contribution in [3.8, 4) is 11.5 Å². The summed E-state index contributed by atoms with van der Waals surface area (Å²) in [5, 5.41) is 2.17. The van der Waals surface area contributed by atoms with Crippen LogP contribution >= 0.6 is 23.5 Å². The van der Waals surface area contributed by atoms with Gasteiger partial charge in [-0.2, -0.15) is 0 Å². The second-order valence-electron chi connectivity index (χ2n) is 6.55. The molecule has 3 amide bonds. The Morgan fingerprint density at radius 2 is 1.94 bits per heavy atom. The van der Waals surface area contributed by atoms with Crippen molar-refractivity contribution in [2.75, 3.05) is 25.2 Å². The third-order valence-corrected chi connectivity index (χ3v) is 5.90. The van der Waals surface area contributed by atoms with Gasteiger partial charge in [0.25, 0.3) is 11.1 Å². The third kappa shape index (κ3) is 5.71. The van der Waals surface area contributed by atoms with Gasteiger partial charge in [0.05, 0.1) is 12.0 Å². The summed E-state index contributed by atoms with van der Waals surface area (Å²) in [4.78, 5) is 50.7. The highest BCUT2D eigenvalue weighted by molar-refractivity contribution is 8.18. The summed E-state index contributed by atoms with van der Waals surface area (Å²) in [6.45, 7) is 0.888. The summed E-state index contributed by atoms with van der Waals surface area (Å²) >= 11 is 2.29. The monoisotopic (exact) mass is 472 g/mol. The number of amides is 3. The van der Waals surface area contributed by atoms with Crippen molar-refractivity contribution in [3.63, 3.8) is 0 Å². The van der Waals surface area contributed by atoms with Gasteiger partial charge < -0.3 is 14.8 Å². The van der Waals surface area contributed by atoms with E-state index in [1.165, 1.54) is 37.9 Å². The Hall–Kier alpha value is -3.24. The molecule has 2 aromatic rings. The van der Waals surface area contributed by atoms with Crippen LogP contribution in [0.4, 0.5) is 10.5 Å². The average molecular weight is 473 g/mol. The molecule has 3 rings (SSSR count). The van der Waals surface area contributed by atoms with E-state index in [-0.39, 0.29) is 17.2 Å². The van der Waals surface area contributed by atoms with Gasteiger partial charge in [0.15, 0.2) is 11.5 Å². The molecule has 1 heterocycles. The van der Waals surface area contributed by atoms with Crippen LogP contribution in [0.1, 0.15) is 12.5 Å². The highest BCUT2D eigenvalue weighted by Gasteiger charge is 2.36. The van der Waals surface area contributed by atoms with Gasteiger partial charge in [-0.15, -0.1) is 11.8 Å². The first kappa shape index (κ1) is 23.4. The van der Waals surface area contributed by atoms with E-state index in [9.17, 15) is 19.2 Å². The fourth-order valence-corrected chi connectivity index (χ4v) is 4.14. The van der Waals surface area contributed by atoms with E-state index in [0.29, 0.717) is 17.0 Å². The number of carbonyl (C=O) groups excluding carboxylic acids is 4. The number of benzene rings is 2. The lowest BCUT2D eigenvalue weighted by Crippen LogP contribution is -2.36. The molecule has 1 saturated heterocycles. The Labute approximate surface area is 193 Å². The molecule has 0 bridgehead atoms. The van der Waals surface area contributed by atoms with Crippen molar-refractivity contribution in [1.82, 2.24) is 4.90 Å². The normalized spacial score (nSPS) is 14.6. The van der Waals surface area contributed by atoms with Crippen LogP contribution in [0.15, 0.2) is 52.3 Å². The Kier molecular flexibility index (Phi) is 7.60. The maximum Gasteiger partial charge on any atom is 0.308 e. The summed E-state index contributed by atoms with van der Waals surface area (Å²) in [5.41, 5.74) is 1.16. The zero-order valence-electron chi connectivity index (χ0n) is 17.5. The molecule has 0 radical (unpaired) electrons. The number of methoxy groups -OCH3 is 1. The minimum atomic E-state index is -0.559. The molecule has 10 heteroatoms. The van der Waals surface area contributed by atoms with E-state index in [1.807, 2.05) is 24.5 Å². The number of nitrogens with one attached hydrogen (secondary N) is 1. The van der Waals surface area contributed by atoms with Crippen LogP contribution in [-0.2, 0) is 14.4 Å². The molecule has 0 spiro atoms. The molecule has 1 aliphatic rings. The summed E-state index contributed by atoms with van der Waals surface area (Å²) in [7, 11) is 1.42. The predicted octanol–water partition coefficient (Wildman–Crippen LogP) is 4.02. The number of thioether (sulfide) groups is 2. The molecule has 1 aliphatic heterocycles. The lowest BCUT2D eigenvalue weighted by atomic mass is 10.2. The summed E-state index contributed by atoms with van der Waals surface area (Å²) in [5.74, 6) is -0.974. The molecular formula is C22H20N2O6S2. The first-order valence-electron chi connectivity index (χ1n) is 9.36. The molecule has 0 aromatic heterocycles. The van der Waals surface area contributed by atoms with E-state index < -0.39 is 23.0 Å². The van der Waals surface area contributed by atoms with Crippen molar-refractivity contribution in [2.45, 2.75) is 11.8 Å². The molecule has 166 valence electrons. The Morgan fingerprint density at radius 1 is 1.16 bits per heavy atom. The van der Waals surface area contributed by atoms with Gasteiger partial charge in [-0.1, -0.05) is 12.1 Å². The summed E-state index contributed by atoms with van der Waals surface area (Å²) in [6, 6.07) is 12.0. The Balaban J connectivity index is 1.71. The zero-order chi connectivity index (χ0) is 23.3. The maximum atomic E-state index is 12.7. The van der Waals surface area contributed by atoms with Gasteiger partial charge >= 0.3 is 5.97 Å². The third-order valence-electron chi connectivity index (χ3n) is 4.27. The number of rotatable bonds is 7. The molecule has 2 aromatic carbocycles. The molecule has 0 saturated carbocycles. The van der Waals surface area contributed by atoms with Gasteiger partial charge in [-0.05, 0) is 60.0 Å². The van der Waals surface area contributed by atoms with E-state index in [0.717, 1.165) is 21.6 Å². The van der Waals surface area contributed by atoms with Crippen LogP contribution in [0.5, 0.6) is 11.5 Å². The van der Waals surface area contributed by atoms with Crippen molar-refractivity contribution >= 4 is 58.3 Å². The standard InChI is InChI=1S/C22H20N2O6S2/c1-13(25)30-17-8-7-14(9-18(17)29-2)10-19-21(27)24(22(28)32-19)12-20(26)23-15-5-4-6-16(11-15)31-3/h4-11H,12H2,1-3H3,(H,23,26)/b19-10-. The number of imide groups is 1. The largest absolute Gasteiger partial charge is 0.493 e. The number of hydrogen-bond donors (Lipinski definition) is 1. The number of nitrogens with zero attached hydrogens (tertiary/aromatic N) is 1. The molecule has 0 unspecified atom stereocenters. The molecular weight excluding hydrogens is 452 g/mol. The Morgan fingerprint density at radius 3 is 2.62 bits per heavy atom. The van der Waals surface area contributed by atoms with Crippen LogP contribution < -0.4 is 14.8 Å². The average Bonchev–Trinajstić information content (AvgIpc) is 3.01. The number of hydrogen-bond acceptors (Lipinski definition) is 8. The van der Waals surface area contributed by atoms with E-state index in [1.54, 1.807) is 18.2 Å². The van der Waals surface area contributed by atoms with Crippen molar-refractivity contribution in [1.29, 1.82) is 0 Å². The fraction of sp³-hybridized carbons (Fsp3) is 0.182. The minimum Gasteiger partial charge on any atom is -0.493 e. The van der Waals surface area contributed by atoms with E-state index >= 15 is 0 Å². The van der Waals surface area contributed by atoms with Gasteiger partial charge in [-0.3, -0.25) is 24.1 Å². The molecule has 1 fully saturated rings. The molecule has 32 heavy (non-hydrogen) atoms. The van der Waals surface area contributed by atoms with Crippen molar-refractivity contribution < 1.29 is 28.7 Å². The number of carbonyl (C=O) groups is 4. The molecule has 1 N–H and O–H groups in total. The summed E-state index contributed by atoms with van der Waals surface area (Å²) < 4.78 is 10.3. The first-order chi connectivity index (χ1) is 15.3. The van der Waals surface area contributed by atoms with Gasteiger partial charge in [0, 0.05) is 17.5 Å². The van der Waals surface area contributed by atoms with Crippen LogP contribution in [0.3, 0.4) is 0 Å². The topological polar surface area (TPSA) is 102 Å². The highest BCUT2D eigenvalue weighted by atomic mass is 32.2. The SMILES string of the molecule is COc1cc(/C=C2\SC(=O)N(CC(=O)Nc3cccc(SC)c3)C2=O)ccc1OC(C)=O. The van der Waals surface area contributed by atoms with Crippen molar-refractivity contribution in [3.05, 3.63) is 52.9 Å². The molecule has 8 nitrogen and oxygen atoms in total. The maximum absolute atomic E-state index is 12.7. The quantitative estimate of drug-likeness (QED) is 0.279. The van der Waals surface area contributed by atoms with Crippen molar-refractivity contribution in [2.24, 2.45) is 0 Å². The first-order valence-corrected chi connectivity index (χ1v) is 11.4. The number of anilines is 1. The number of ether oxygens (including phenoxy) is 2. The Bertz CT molecular complexity index is 1120. The second-order valence-corrected chi connectivity index (χ2v) is 8.42. The smallest absolute Gasteiger partial charge is 0.308 e.